The topological polar surface area (TPSA) is 107 Å². The van der Waals surface area contributed by atoms with Crippen LogP contribution in [0.15, 0.2) is 63.5 Å². The number of nitro groups is 1. The van der Waals surface area contributed by atoms with Gasteiger partial charge in [0.1, 0.15) is 0 Å². The Kier molecular flexibility index (Phi) is 8.68. The standard InChI is InChI=1S/C30H34N4O5S/c1-7-32(8-2)24-15-14-23(34(37)38)16-22(24)17-25-28(35)33-27(21-12-10-20(11-13-21)18(4)5)26(29(36)39-9-3)19(6)31-30(33)40-25/h10-18,27H,7-9H2,1-6H3. The van der Waals surface area contributed by atoms with Gasteiger partial charge in [-0.05, 0) is 56.9 Å². The number of aromatic nitrogens is 1. The Labute approximate surface area is 236 Å². The van der Waals surface area contributed by atoms with Gasteiger partial charge in [-0.25, -0.2) is 9.79 Å². The molecule has 0 N–H and O–H groups in total. The highest BCUT2D eigenvalue weighted by Gasteiger charge is 2.33. The van der Waals surface area contributed by atoms with Crippen molar-refractivity contribution in [1.29, 1.82) is 0 Å². The molecule has 0 saturated carbocycles. The Balaban J connectivity index is 1.97. The van der Waals surface area contributed by atoms with Crippen LogP contribution in [0.25, 0.3) is 6.08 Å². The molecule has 0 bridgehead atoms. The number of benzene rings is 2. The maximum Gasteiger partial charge on any atom is 0.338 e. The van der Waals surface area contributed by atoms with E-state index in [1.165, 1.54) is 28.0 Å². The summed E-state index contributed by atoms with van der Waals surface area (Å²) in [7, 11) is 0. The number of non-ortho nitro benzene ring substituents is 1. The Hall–Kier alpha value is -4.05. The summed E-state index contributed by atoms with van der Waals surface area (Å²) in [5.41, 5.74) is 3.71. The molecule has 1 aliphatic heterocycles. The van der Waals surface area contributed by atoms with E-state index in [1.807, 2.05) is 38.1 Å². The molecule has 0 fully saturated rings. The van der Waals surface area contributed by atoms with E-state index in [1.54, 1.807) is 26.0 Å². The summed E-state index contributed by atoms with van der Waals surface area (Å²) in [6, 6.07) is 11.9. The summed E-state index contributed by atoms with van der Waals surface area (Å²) in [6.45, 7) is 13.3. The second-order valence-electron chi connectivity index (χ2n) is 9.80. The average Bonchev–Trinajstić information content (AvgIpc) is 3.23. The Morgan fingerprint density at radius 2 is 1.85 bits per heavy atom. The van der Waals surface area contributed by atoms with Crippen molar-refractivity contribution < 1.29 is 14.5 Å². The molecule has 3 aromatic rings. The zero-order valence-corrected chi connectivity index (χ0v) is 24.4. The fraction of sp³-hybridized carbons (Fsp3) is 0.367. The van der Waals surface area contributed by atoms with Gasteiger partial charge in [0.2, 0.25) is 0 Å². The summed E-state index contributed by atoms with van der Waals surface area (Å²) >= 11 is 1.20. The van der Waals surface area contributed by atoms with E-state index < -0.39 is 16.9 Å². The van der Waals surface area contributed by atoms with Gasteiger partial charge in [0.05, 0.1) is 33.4 Å². The molecule has 0 spiro atoms. The molecule has 40 heavy (non-hydrogen) atoms. The van der Waals surface area contributed by atoms with Gasteiger partial charge in [-0.15, -0.1) is 0 Å². The van der Waals surface area contributed by atoms with Crippen molar-refractivity contribution in [2.24, 2.45) is 4.99 Å². The van der Waals surface area contributed by atoms with E-state index in [9.17, 15) is 19.7 Å². The molecule has 4 rings (SSSR count). The quantitative estimate of drug-likeness (QED) is 0.213. The van der Waals surface area contributed by atoms with Gasteiger partial charge in [-0.3, -0.25) is 19.5 Å². The van der Waals surface area contributed by atoms with Crippen LogP contribution in [-0.4, -0.2) is 35.2 Å². The molecule has 10 heteroatoms. The zero-order valence-electron chi connectivity index (χ0n) is 23.6. The van der Waals surface area contributed by atoms with Gasteiger partial charge in [0, 0.05) is 36.5 Å². The first-order chi connectivity index (χ1) is 19.1. The SMILES string of the molecule is CCOC(=O)C1=C(C)N=c2sc(=Cc3cc([N+](=O)[O-])ccc3N(CC)CC)c(=O)n2C1c1ccc(C(C)C)cc1. The number of allylic oxidation sites excluding steroid dienone is 1. The fourth-order valence-electron chi connectivity index (χ4n) is 4.93. The molecule has 0 aliphatic carbocycles. The van der Waals surface area contributed by atoms with Crippen LogP contribution in [0.1, 0.15) is 70.2 Å². The van der Waals surface area contributed by atoms with Crippen molar-refractivity contribution in [2.45, 2.75) is 53.5 Å². The van der Waals surface area contributed by atoms with Gasteiger partial charge in [0.25, 0.3) is 11.2 Å². The van der Waals surface area contributed by atoms with Gasteiger partial charge in [-0.2, -0.15) is 0 Å². The molecule has 1 unspecified atom stereocenters. The maximum absolute atomic E-state index is 14.0. The van der Waals surface area contributed by atoms with E-state index in [4.69, 9.17) is 4.74 Å². The number of anilines is 1. The van der Waals surface area contributed by atoms with Crippen LogP contribution in [0, 0.1) is 10.1 Å². The van der Waals surface area contributed by atoms with Crippen molar-refractivity contribution in [1.82, 2.24) is 4.57 Å². The number of fused-ring (bicyclic) bond motifs is 1. The minimum absolute atomic E-state index is 0.0570. The molecule has 0 amide bonds. The number of esters is 1. The average molecular weight is 563 g/mol. The van der Waals surface area contributed by atoms with Gasteiger partial charge in [0.15, 0.2) is 4.80 Å². The molecule has 1 aromatic heterocycles. The van der Waals surface area contributed by atoms with E-state index in [0.29, 0.717) is 45.2 Å². The number of hydrogen-bond acceptors (Lipinski definition) is 8. The van der Waals surface area contributed by atoms with Crippen LogP contribution in [-0.2, 0) is 9.53 Å². The van der Waals surface area contributed by atoms with E-state index in [-0.39, 0.29) is 17.9 Å². The zero-order chi connectivity index (χ0) is 29.1. The molecule has 2 aromatic carbocycles. The van der Waals surface area contributed by atoms with Crippen LogP contribution < -0.4 is 19.8 Å². The van der Waals surface area contributed by atoms with Crippen molar-refractivity contribution in [3.05, 3.63) is 100 Å². The van der Waals surface area contributed by atoms with Crippen LogP contribution >= 0.6 is 11.3 Å². The molecule has 0 saturated heterocycles. The second kappa shape index (κ2) is 12.0. The van der Waals surface area contributed by atoms with Crippen molar-refractivity contribution in [3.8, 4) is 0 Å². The number of carbonyl (C=O) groups excluding carboxylic acids is 1. The predicted molar refractivity (Wildman–Crippen MR) is 158 cm³/mol. The van der Waals surface area contributed by atoms with Crippen LogP contribution in [0.2, 0.25) is 0 Å². The van der Waals surface area contributed by atoms with E-state index in [2.05, 4.69) is 23.7 Å². The molecule has 1 aliphatic rings. The number of thiazole rings is 1. The molecular weight excluding hydrogens is 528 g/mol. The fourth-order valence-corrected chi connectivity index (χ4v) is 5.97. The lowest BCUT2D eigenvalue weighted by molar-refractivity contribution is -0.384. The number of carbonyl (C=O) groups is 1. The van der Waals surface area contributed by atoms with Gasteiger partial charge < -0.3 is 9.64 Å². The van der Waals surface area contributed by atoms with Crippen molar-refractivity contribution >= 4 is 34.8 Å². The number of nitrogens with zero attached hydrogens (tertiary/aromatic N) is 4. The minimum atomic E-state index is -0.717. The largest absolute Gasteiger partial charge is 0.463 e. The third kappa shape index (κ3) is 5.49. The Morgan fingerprint density at radius 3 is 2.42 bits per heavy atom. The lowest BCUT2D eigenvalue weighted by Crippen LogP contribution is -2.40. The highest BCUT2D eigenvalue weighted by atomic mass is 32.1. The Bertz CT molecular complexity index is 1650. The molecular formula is C30H34N4O5S. The Morgan fingerprint density at radius 1 is 1.18 bits per heavy atom. The lowest BCUT2D eigenvalue weighted by atomic mass is 9.93. The summed E-state index contributed by atoms with van der Waals surface area (Å²) < 4.78 is 7.29. The summed E-state index contributed by atoms with van der Waals surface area (Å²) in [5.74, 6) is -0.189. The van der Waals surface area contributed by atoms with Crippen molar-refractivity contribution in [3.63, 3.8) is 0 Å². The van der Waals surface area contributed by atoms with Crippen LogP contribution in [0.5, 0.6) is 0 Å². The van der Waals surface area contributed by atoms with Crippen molar-refractivity contribution in [2.75, 3.05) is 24.6 Å². The smallest absolute Gasteiger partial charge is 0.338 e. The van der Waals surface area contributed by atoms with E-state index >= 15 is 0 Å². The highest BCUT2D eigenvalue weighted by molar-refractivity contribution is 7.07. The van der Waals surface area contributed by atoms with Crippen LogP contribution in [0.3, 0.4) is 0 Å². The highest BCUT2D eigenvalue weighted by Crippen LogP contribution is 2.32. The lowest BCUT2D eigenvalue weighted by Gasteiger charge is -2.25. The predicted octanol–water partition coefficient (Wildman–Crippen LogP) is 4.68. The molecule has 0 radical (unpaired) electrons. The first kappa shape index (κ1) is 28.9. The summed E-state index contributed by atoms with van der Waals surface area (Å²) in [6.07, 6.45) is 1.69. The summed E-state index contributed by atoms with van der Waals surface area (Å²) in [5, 5.41) is 11.6. The van der Waals surface area contributed by atoms with Gasteiger partial charge >= 0.3 is 5.97 Å². The van der Waals surface area contributed by atoms with E-state index in [0.717, 1.165) is 16.8 Å². The third-order valence-corrected chi connectivity index (χ3v) is 8.03. The molecule has 9 nitrogen and oxygen atoms in total. The maximum atomic E-state index is 14.0. The molecule has 2 heterocycles. The number of hydrogen-bond donors (Lipinski definition) is 0. The number of nitro benzene ring substituents is 1. The van der Waals surface area contributed by atoms with Crippen LogP contribution in [0.4, 0.5) is 11.4 Å². The van der Waals surface area contributed by atoms with Gasteiger partial charge in [-0.1, -0.05) is 49.4 Å². The number of ether oxygens (including phenoxy) is 1. The minimum Gasteiger partial charge on any atom is -0.463 e. The second-order valence-corrected chi connectivity index (χ2v) is 10.8. The first-order valence-electron chi connectivity index (χ1n) is 13.4. The monoisotopic (exact) mass is 562 g/mol. The molecule has 210 valence electrons. The molecule has 1 atom stereocenters. The summed E-state index contributed by atoms with van der Waals surface area (Å²) in [4.78, 5) is 45.4. The first-order valence-corrected chi connectivity index (χ1v) is 14.3. The third-order valence-electron chi connectivity index (χ3n) is 7.05. The normalized spacial score (nSPS) is 15.2. The number of rotatable bonds is 9.